The Hall–Kier alpha value is -4.47. The Balaban J connectivity index is 1.97. The quantitative estimate of drug-likeness (QED) is 0.213. The third-order valence-electron chi connectivity index (χ3n) is 5.81. The van der Waals surface area contributed by atoms with Gasteiger partial charge >= 0.3 is 5.97 Å². The fourth-order valence-corrected chi connectivity index (χ4v) is 3.69. The fourth-order valence-electron chi connectivity index (χ4n) is 3.69. The van der Waals surface area contributed by atoms with Crippen LogP contribution in [0.4, 0.5) is 5.82 Å². The molecule has 1 aliphatic carbocycles. The standard InChI is InChI=1S/C30H37N5O5/c1-8-9-21(34-28(37)19-10-11-19)16-24(18(2)27(36)31-6)35-26-25(39-7)22(14-15-32-26)20-12-13-23(33-17-20)29(38)40-30(3,4)5/h9,12-17,19H,2,8,10-11H2,1,3-7H3,(H,31,36)(H,32,35)(H,34,37)/b21-9-,24-16+. The zero-order valence-electron chi connectivity index (χ0n) is 23.9. The largest absolute Gasteiger partial charge is 0.492 e. The molecule has 2 aromatic heterocycles. The van der Waals surface area contributed by atoms with Crippen LogP contribution in [0.5, 0.6) is 5.75 Å². The number of aromatic nitrogens is 2. The molecule has 2 heterocycles. The Morgan fingerprint density at radius 3 is 2.42 bits per heavy atom. The van der Waals surface area contributed by atoms with Gasteiger partial charge in [0.05, 0.1) is 18.4 Å². The van der Waals surface area contributed by atoms with E-state index in [0.717, 1.165) is 12.8 Å². The fraction of sp³-hybridized carbons (Fsp3) is 0.367. The van der Waals surface area contributed by atoms with Crippen molar-refractivity contribution in [2.75, 3.05) is 19.5 Å². The van der Waals surface area contributed by atoms with E-state index in [1.165, 1.54) is 14.2 Å². The van der Waals surface area contributed by atoms with Gasteiger partial charge in [0.15, 0.2) is 11.6 Å². The van der Waals surface area contributed by atoms with Gasteiger partial charge in [0.25, 0.3) is 5.91 Å². The number of likely N-dealkylation sites (N-methyl/N-ethyl adjacent to an activating group) is 1. The van der Waals surface area contributed by atoms with Crippen molar-refractivity contribution in [1.82, 2.24) is 20.6 Å². The van der Waals surface area contributed by atoms with Crippen LogP contribution < -0.4 is 20.7 Å². The molecule has 1 saturated carbocycles. The number of esters is 1. The average molecular weight is 548 g/mol. The number of pyridine rings is 2. The zero-order valence-corrected chi connectivity index (χ0v) is 23.9. The van der Waals surface area contributed by atoms with E-state index < -0.39 is 17.5 Å². The Morgan fingerprint density at radius 2 is 1.88 bits per heavy atom. The molecule has 0 atom stereocenters. The number of rotatable bonds is 11. The molecule has 0 aliphatic heterocycles. The molecule has 2 aromatic rings. The van der Waals surface area contributed by atoms with Gasteiger partial charge in [-0.25, -0.2) is 14.8 Å². The van der Waals surface area contributed by atoms with Crippen LogP contribution in [0.3, 0.4) is 0 Å². The SMILES string of the molecule is C=C(C(=O)NC)/C(=C\C(=C\CC)NC(=O)C1CC1)Nc1nccc(-c2ccc(C(=O)OC(C)(C)C)nc2)c1OC. The lowest BCUT2D eigenvalue weighted by atomic mass is 10.1. The van der Waals surface area contributed by atoms with Crippen LogP contribution in [0.15, 0.2) is 66.3 Å². The number of allylic oxidation sites excluding steroid dienone is 2. The van der Waals surface area contributed by atoms with Crippen molar-refractivity contribution in [2.24, 2.45) is 5.92 Å². The molecule has 3 rings (SSSR count). The van der Waals surface area contributed by atoms with Gasteiger partial charge in [-0.3, -0.25) is 9.59 Å². The molecule has 0 aromatic carbocycles. The number of hydrogen-bond donors (Lipinski definition) is 3. The highest BCUT2D eigenvalue weighted by molar-refractivity contribution is 5.98. The summed E-state index contributed by atoms with van der Waals surface area (Å²) in [6, 6.07) is 5.08. The second kappa shape index (κ2) is 13.1. The number of carbonyl (C=O) groups is 3. The molecular weight excluding hydrogens is 510 g/mol. The Kier molecular flexibility index (Phi) is 9.82. The molecule has 0 spiro atoms. The van der Waals surface area contributed by atoms with E-state index >= 15 is 0 Å². The predicted molar refractivity (Wildman–Crippen MR) is 153 cm³/mol. The zero-order chi connectivity index (χ0) is 29.4. The molecule has 2 amide bonds. The molecular formula is C30H37N5O5. The lowest BCUT2D eigenvalue weighted by Gasteiger charge is -2.19. The molecule has 0 saturated heterocycles. The maximum Gasteiger partial charge on any atom is 0.357 e. The number of methoxy groups -OCH3 is 1. The number of amides is 2. The second-order valence-electron chi connectivity index (χ2n) is 10.2. The van der Waals surface area contributed by atoms with Crippen molar-refractivity contribution >= 4 is 23.6 Å². The summed E-state index contributed by atoms with van der Waals surface area (Å²) in [7, 11) is 3.01. The second-order valence-corrected chi connectivity index (χ2v) is 10.2. The number of carbonyl (C=O) groups excluding carboxylic acids is 3. The van der Waals surface area contributed by atoms with Gasteiger partial charge in [0.1, 0.15) is 11.3 Å². The highest BCUT2D eigenvalue weighted by Gasteiger charge is 2.30. The lowest BCUT2D eigenvalue weighted by molar-refractivity contribution is -0.121. The first-order chi connectivity index (χ1) is 19.0. The van der Waals surface area contributed by atoms with E-state index in [2.05, 4.69) is 32.5 Å². The summed E-state index contributed by atoms with van der Waals surface area (Å²) < 4.78 is 11.1. The van der Waals surface area contributed by atoms with E-state index in [9.17, 15) is 14.4 Å². The molecule has 3 N–H and O–H groups in total. The van der Waals surface area contributed by atoms with Gasteiger partial charge in [0.2, 0.25) is 5.91 Å². The van der Waals surface area contributed by atoms with Crippen LogP contribution in [-0.2, 0) is 14.3 Å². The van der Waals surface area contributed by atoms with Crippen LogP contribution in [0.1, 0.15) is 57.4 Å². The molecule has 40 heavy (non-hydrogen) atoms. The Morgan fingerprint density at radius 1 is 1.15 bits per heavy atom. The molecule has 1 fully saturated rings. The summed E-state index contributed by atoms with van der Waals surface area (Å²) in [6.07, 6.45) is 9.06. The Labute approximate surface area is 235 Å². The minimum atomic E-state index is -0.636. The summed E-state index contributed by atoms with van der Waals surface area (Å²) in [4.78, 5) is 46.1. The van der Waals surface area contributed by atoms with E-state index in [4.69, 9.17) is 9.47 Å². The number of hydrogen-bond acceptors (Lipinski definition) is 8. The number of nitrogens with one attached hydrogen (secondary N) is 3. The minimum Gasteiger partial charge on any atom is -0.492 e. The van der Waals surface area contributed by atoms with Crippen LogP contribution in [0.25, 0.3) is 11.1 Å². The van der Waals surface area contributed by atoms with Crippen molar-refractivity contribution in [3.05, 3.63) is 72.0 Å². The third-order valence-corrected chi connectivity index (χ3v) is 5.81. The normalized spacial score (nSPS) is 13.8. The summed E-state index contributed by atoms with van der Waals surface area (Å²) in [5, 5.41) is 8.68. The highest BCUT2D eigenvalue weighted by Crippen LogP contribution is 2.36. The summed E-state index contributed by atoms with van der Waals surface area (Å²) in [5.74, 6) is -0.262. The number of nitrogens with zero attached hydrogens (tertiary/aromatic N) is 2. The van der Waals surface area contributed by atoms with Crippen molar-refractivity contribution in [2.45, 2.75) is 52.6 Å². The van der Waals surface area contributed by atoms with Gasteiger partial charge in [-0.05, 0) is 58.2 Å². The summed E-state index contributed by atoms with van der Waals surface area (Å²) in [6.45, 7) is 11.3. The monoisotopic (exact) mass is 547 g/mol. The molecule has 1 aliphatic rings. The number of anilines is 1. The first kappa shape index (κ1) is 30.1. The molecule has 10 heteroatoms. The lowest BCUT2D eigenvalue weighted by Crippen LogP contribution is -2.26. The van der Waals surface area contributed by atoms with E-state index in [0.29, 0.717) is 40.5 Å². The summed E-state index contributed by atoms with van der Waals surface area (Å²) in [5.41, 5.74) is 1.89. The van der Waals surface area contributed by atoms with E-state index in [1.54, 1.807) is 57.4 Å². The van der Waals surface area contributed by atoms with Gasteiger partial charge < -0.3 is 25.4 Å². The maximum atomic E-state index is 12.5. The Bertz CT molecular complexity index is 1340. The molecule has 0 radical (unpaired) electrons. The van der Waals surface area contributed by atoms with Crippen LogP contribution >= 0.6 is 0 Å². The van der Waals surface area contributed by atoms with E-state index in [-0.39, 0.29) is 23.1 Å². The minimum absolute atomic E-state index is 0.0148. The molecule has 10 nitrogen and oxygen atoms in total. The first-order valence-corrected chi connectivity index (χ1v) is 13.1. The van der Waals surface area contributed by atoms with Crippen molar-refractivity contribution < 1.29 is 23.9 Å². The first-order valence-electron chi connectivity index (χ1n) is 13.1. The average Bonchev–Trinajstić information content (AvgIpc) is 3.77. The third kappa shape index (κ3) is 8.02. The van der Waals surface area contributed by atoms with Crippen LogP contribution in [-0.4, -0.2) is 47.5 Å². The van der Waals surface area contributed by atoms with Crippen molar-refractivity contribution in [3.63, 3.8) is 0 Å². The molecule has 0 bridgehead atoms. The smallest absolute Gasteiger partial charge is 0.357 e. The van der Waals surface area contributed by atoms with Crippen molar-refractivity contribution in [3.8, 4) is 16.9 Å². The molecule has 0 unspecified atom stereocenters. The highest BCUT2D eigenvalue weighted by atomic mass is 16.6. The van der Waals surface area contributed by atoms with Crippen LogP contribution in [0, 0.1) is 5.92 Å². The van der Waals surface area contributed by atoms with Gasteiger partial charge in [-0.2, -0.15) is 0 Å². The van der Waals surface area contributed by atoms with Gasteiger partial charge in [0, 0.05) is 42.2 Å². The topological polar surface area (TPSA) is 132 Å². The number of ether oxygens (including phenoxy) is 2. The van der Waals surface area contributed by atoms with Crippen molar-refractivity contribution in [1.29, 1.82) is 0 Å². The summed E-state index contributed by atoms with van der Waals surface area (Å²) >= 11 is 0. The van der Waals surface area contributed by atoms with Crippen LogP contribution in [0.2, 0.25) is 0 Å². The molecule has 212 valence electrons. The van der Waals surface area contributed by atoms with Gasteiger partial charge in [-0.15, -0.1) is 0 Å². The predicted octanol–water partition coefficient (Wildman–Crippen LogP) is 4.53. The van der Waals surface area contributed by atoms with Gasteiger partial charge in [-0.1, -0.05) is 25.6 Å². The maximum absolute atomic E-state index is 12.5. The van der Waals surface area contributed by atoms with E-state index in [1.807, 2.05) is 13.0 Å².